The normalized spacial score (nSPS) is 28.2. The molecule has 0 radical (unpaired) electrons. The molecule has 3 saturated heterocycles. The van der Waals surface area contributed by atoms with Gasteiger partial charge in [0.05, 0.1) is 18.2 Å². The number of nitrogens with zero attached hydrogens (tertiary/aromatic N) is 3. The van der Waals surface area contributed by atoms with Crippen LogP contribution in [-0.2, 0) is 11.2 Å². The molecule has 1 aromatic rings. The minimum Gasteiger partial charge on any atom is -0.396 e. The summed E-state index contributed by atoms with van der Waals surface area (Å²) in [5.41, 5.74) is 1.33. The molecule has 6 heteroatoms. The van der Waals surface area contributed by atoms with Crippen molar-refractivity contribution >= 4 is 5.91 Å². The van der Waals surface area contributed by atoms with Crippen molar-refractivity contribution in [3.8, 4) is 0 Å². The average molecular weight is 359 g/mol. The topological polar surface area (TPSA) is 67.2 Å². The maximum absolute atomic E-state index is 12.4. The summed E-state index contributed by atoms with van der Waals surface area (Å²) in [6.07, 6.45) is 1.69. The van der Waals surface area contributed by atoms with Crippen LogP contribution >= 0.6 is 0 Å². The van der Waals surface area contributed by atoms with Crippen molar-refractivity contribution in [2.24, 2.45) is 0 Å². The van der Waals surface area contributed by atoms with E-state index in [-0.39, 0.29) is 36.6 Å². The van der Waals surface area contributed by atoms with Gasteiger partial charge in [0.25, 0.3) is 0 Å². The van der Waals surface area contributed by atoms with Crippen molar-refractivity contribution in [1.82, 2.24) is 14.7 Å². The first kappa shape index (κ1) is 17.9. The summed E-state index contributed by atoms with van der Waals surface area (Å²) < 4.78 is 0. The summed E-state index contributed by atoms with van der Waals surface area (Å²) in [6, 6.07) is 10.8. The molecule has 6 nitrogen and oxygen atoms in total. The van der Waals surface area contributed by atoms with Gasteiger partial charge in [-0.3, -0.25) is 14.6 Å². The van der Waals surface area contributed by atoms with Crippen LogP contribution in [-0.4, -0.2) is 94.4 Å². The molecule has 2 N–H and O–H groups in total. The summed E-state index contributed by atoms with van der Waals surface area (Å²) in [6.45, 7) is 4.95. The second-order valence-electron chi connectivity index (χ2n) is 8.11. The molecular formula is C20H29N3O3. The fourth-order valence-electron chi connectivity index (χ4n) is 5.01. The molecule has 1 spiro atoms. The lowest BCUT2D eigenvalue weighted by Gasteiger charge is -2.61. The number of amides is 1. The van der Waals surface area contributed by atoms with E-state index in [1.54, 1.807) is 0 Å². The molecule has 3 heterocycles. The molecule has 2 atom stereocenters. The molecule has 26 heavy (non-hydrogen) atoms. The molecular weight excluding hydrogens is 330 g/mol. The summed E-state index contributed by atoms with van der Waals surface area (Å²) in [7, 11) is 0. The molecule has 3 aliphatic rings. The molecule has 2 unspecified atom stereocenters. The number of benzene rings is 1. The second kappa shape index (κ2) is 7.27. The van der Waals surface area contributed by atoms with Gasteiger partial charge in [-0.15, -0.1) is 0 Å². The van der Waals surface area contributed by atoms with Gasteiger partial charge in [-0.05, 0) is 18.4 Å². The first-order chi connectivity index (χ1) is 12.6. The molecule has 0 bridgehead atoms. The van der Waals surface area contributed by atoms with Crippen LogP contribution in [0.4, 0.5) is 0 Å². The number of piperazine rings is 1. The fraction of sp³-hybridized carbons (Fsp3) is 0.650. The summed E-state index contributed by atoms with van der Waals surface area (Å²) in [4.78, 5) is 19.2. The third kappa shape index (κ3) is 3.39. The zero-order chi connectivity index (χ0) is 18.1. The highest BCUT2D eigenvalue weighted by Crippen LogP contribution is 2.39. The quantitative estimate of drug-likeness (QED) is 0.771. The Morgan fingerprint density at radius 3 is 2.65 bits per heavy atom. The molecule has 1 amide bonds. The van der Waals surface area contributed by atoms with E-state index in [0.717, 1.165) is 45.6 Å². The predicted molar refractivity (Wildman–Crippen MR) is 98.7 cm³/mol. The van der Waals surface area contributed by atoms with Crippen molar-refractivity contribution < 1.29 is 15.0 Å². The van der Waals surface area contributed by atoms with Gasteiger partial charge in [0.2, 0.25) is 5.91 Å². The highest BCUT2D eigenvalue weighted by Gasteiger charge is 2.56. The van der Waals surface area contributed by atoms with E-state index >= 15 is 0 Å². The van der Waals surface area contributed by atoms with Crippen LogP contribution in [0.3, 0.4) is 0 Å². The second-order valence-corrected chi connectivity index (χ2v) is 8.11. The average Bonchev–Trinajstić information content (AvgIpc) is 2.99. The molecule has 0 aromatic heterocycles. The van der Waals surface area contributed by atoms with Crippen molar-refractivity contribution in [2.75, 3.05) is 45.9 Å². The Kier molecular flexibility index (Phi) is 5.01. The van der Waals surface area contributed by atoms with Crippen LogP contribution in [0.2, 0.25) is 0 Å². The highest BCUT2D eigenvalue weighted by molar-refractivity contribution is 5.76. The summed E-state index contributed by atoms with van der Waals surface area (Å²) in [5, 5.41) is 19.3. The number of fused-ring (bicyclic) bond motifs is 2. The zero-order valence-corrected chi connectivity index (χ0v) is 15.3. The number of aliphatic hydroxyl groups excluding tert-OH is 2. The minimum atomic E-state index is -0.289. The number of aliphatic hydroxyl groups is 2. The van der Waals surface area contributed by atoms with Crippen LogP contribution < -0.4 is 0 Å². The van der Waals surface area contributed by atoms with Gasteiger partial charge in [-0.1, -0.05) is 30.3 Å². The highest BCUT2D eigenvalue weighted by atomic mass is 16.3. The molecule has 1 aromatic carbocycles. The number of hydrogen-bond acceptors (Lipinski definition) is 5. The number of rotatable bonds is 5. The van der Waals surface area contributed by atoms with Gasteiger partial charge in [0.15, 0.2) is 0 Å². The number of carbonyl (C=O) groups excluding carboxylic acids is 1. The van der Waals surface area contributed by atoms with Crippen molar-refractivity contribution in [1.29, 1.82) is 0 Å². The van der Waals surface area contributed by atoms with Crippen LogP contribution in [0.15, 0.2) is 30.3 Å². The molecule has 3 fully saturated rings. The lowest BCUT2D eigenvalue weighted by Crippen LogP contribution is -2.78. The van der Waals surface area contributed by atoms with Crippen LogP contribution in [0, 0.1) is 0 Å². The Morgan fingerprint density at radius 1 is 1.15 bits per heavy atom. The van der Waals surface area contributed by atoms with E-state index < -0.39 is 0 Å². The summed E-state index contributed by atoms with van der Waals surface area (Å²) in [5.74, 6) is 0.0376. The van der Waals surface area contributed by atoms with Gasteiger partial charge in [-0.25, -0.2) is 0 Å². The van der Waals surface area contributed by atoms with Gasteiger partial charge >= 0.3 is 0 Å². The number of carbonyl (C=O) groups is 1. The molecule has 142 valence electrons. The van der Waals surface area contributed by atoms with E-state index in [2.05, 4.69) is 34.1 Å². The Morgan fingerprint density at radius 2 is 1.92 bits per heavy atom. The minimum absolute atomic E-state index is 0.0256. The molecule has 0 aliphatic carbocycles. The van der Waals surface area contributed by atoms with Gasteiger partial charge in [0, 0.05) is 51.7 Å². The first-order valence-electron chi connectivity index (χ1n) is 9.69. The van der Waals surface area contributed by atoms with E-state index in [1.807, 2.05) is 11.0 Å². The SMILES string of the molecule is O=C(CCO)N1CC2CC(O)CN2C2(CN(CCc3ccccc3)C2)C1. The van der Waals surface area contributed by atoms with E-state index in [9.17, 15) is 9.90 Å². The van der Waals surface area contributed by atoms with E-state index in [0.29, 0.717) is 6.54 Å². The molecule has 4 rings (SSSR count). The third-order valence-electron chi connectivity index (χ3n) is 6.19. The van der Waals surface area contributed by atoms with Crippen LogP contribution in [0.1, 0.15) is 18.4 Å². The standard InChI is InChI=1S/C20H29N3O3/c24-9-7-19(26)22-11-17-10-18(25)12-23(17)20(15-22)13-21(14-20)8-6-16-4-2-1-3-5-16/h1-5,17-18,24-25H,6-15H2. The lowest BCUT2D eigenvalue weighted by molar-refractivity contribution is -0.150. The summed E-state index contributed by atoms with van der Waals surface area (Å²) >= 11 is 0. The zero-order valence-electron chi connectivity index (χ0n) is 15.3. The Hall–Kier alpha value is -1.47. The largest absolute Gasteiger partial charge is 0.396 e. The number of likely N-dealkylation sites (tertiary alicyclic amines) is 1. The maximum Gasteiger partial charge on any atom is 0.224 e. The first-order valence-corrected chi connectivity index (χ1v) is 9.69. The van der Waals surface area contributed by atoms with Crippen molar-refractivity contribution in [3.63, 3.8) is 0 Å². The Balaban J connectivity index is 1.40. The third-order valence-corrected chi connectivity index (χ3v) is 6.19. The van der Waals surface area contributed by atoms with Gasteiger partial charge in [0.1, 0.15) is 0 Å². The van der Waals surface area contributed by atoms with Crippen LogP contribution in [0.5, 0.6) is 0 Å². The smallest absolute Gasteiger partial charge is 0.224 e. The molecule has 3 aliphatic heterocycles. The van der Waals surface area contributed by atoms with Crippen molar-refractivity contribution in [3.05, 3.63) is 35.9 Å². The Bertz CT molecular complexity index is 632. The monoisotopic (exact) mass is 359 g/mol. The van der Waals surface area contributed by atoms with Crippen LogP contribution in [0.25, 0.3) is 0 Å². The van der Waals surface area contributed by atoms with Gasteiger partial charge < -0.3 is 15.1 Å². The maximum atomic E-state index is 12.4. The number of hydrogen-bond donors (Lipinski definition) is 2. The van der Waals surface area contributed by atoms with E-state index in [1.165, 1.54) is 5.56 Å². The predicted octanol–water partition coefficient (Wildman–Crippen LogP) is -0.0567. The number of β-amino-alcohol motifs (C(OH)–C–C–N with tert-alkyl or cyclic N) is 1. The lowest BCUT2D eigenvalue weighted by atomic mass is 9.83. The van der Waals surface area contributed by atoms with Crippen molar-refractivity contribution in [2.45, 2.75) is 36.9 Å². The molecule has 0 saturated carbocycles. The fourth-order valence-corrected chi connectivity index (χ4v) is 5.01. The van der Waals surface area contributed by atoms with Gasteiger partial charge in [-0.2, -0.15) is 0 Å². The Labute approximate surface area is 155 Å². The van der Waals surface area contributed by atoms with E-state index in [4.69, 9.17) is 5.11 Å².